The van der Waals surface area contributed by atoms with Crippen molar-refractivity contribution in [2.45, 2.75) is 33.4 Å². The second-order valence-electron chi connectivity index (χ2n) is 8.29. The fourth-order valence-electron chi connectivity index (χ4n) is 3.46. The normalized spacial score (nSPS) is 11.9. The predicted molar refractivity (Wildman–Crippen MR) is 137 cm³/mol. The van der Waals surface area contributed by atoms with Gasteiger partial charge in [-0.15, -0.1) is 11.3 Å². The van der Waals surface area contributed by atoms with Gasteiger partial charge in [0, 0.05) is 24.0 Å². The maximum absolute atomic E-state index is 13.4. The molecule has 5 heteroatoms. The Balaban J connectivity index is 1.76. The van der Waals surface area contributed by atoms with E-state index < -0.39 is 0 Å². The van der Waals surface area contributed by atoms with E-state index in [2.05, 4.69) is 13.8 Å². The third-order valence-electron chi connectivity index (χ3n) is 5.58. The molecule has 0 N–H and O–H groups in total. The number of amides is 2. The van der Waals surface area contributed by atoms with Crippen LogP contribution in [-0.4, -0.2) is 34.7 Å². The first-order valence-corrected chi connectivity index (χ1v) is 12.3. The van der Waals surface area contributed by atoms with Crippen molar-refractivity contribution in [2.24, 2.45) is 5.92 Å². The predicted octanol–water partition coefficient (Wildman–Crippen LogP) is 5.87. The van der Waals surface area contributed by atoms with Crippen molar-refractivity contribution in [3.63, 3.8) is 0 Å². The average Bonchev–Trinajstić information content (AvgIpc) is 3.36. The molecule has 2 aromatic carbocycles. The van der Waals surface area contributed by atoms with Crippen LogP contribution in [0, 0.1) is 5.92 Å². The fourth-order valence-corrected chi connectivity index (χ4v) is 4.18. The van der Waals surface area contributed by atoms with Gasteiger partial charge in [-0.25, -0.2) is 0 Å². The molecule has 4 nitrogen and oxygen atoms in total. The van der Waals surface area contributed by atoms with E-state index in [0.29, 0.717) is 25.6 Å². The van der Waals surface area contributed by atoms with E-state index >= 15 is 0 Å². The van der Waals surface area contributed by atoms with E-state index in [4.69, 9.17) is 0 Å². The molecular formula is C28H32N2O2S. The van der Waals surface area contributed by atoms with Crippen LogP contribution in [0.3, 0.4) is 0 Å². The van der Waals surface area contributed by atoms with Crippen molar-refractivity contribution >= 4 is 29.2 Å². The molecule has 0 saturated carbocycles. The molecule has 0 saturated heterocycles. The Kier molecular flexibility index (Phi) is 9.45. The molecule has 1 aromatic heterocycles. The summed E-state index contributed by atoms with van der Waals surface area (Å²) in [6, 6.07) is 23.8. The maximum Gasteiger partial charge on any atom is 0.247 e. The minimum atomic E-state index is -0.136. The van der Waals surface area contributed by atoms with Gasteiger partial charge in [0.05, 0.1) is 6.54 Å². The van der Waals surface area contributed by atoms with Gasteiger partial charge >= 0.3 is 0 Å². The summed E-state index contributed by atoms with van der Waals surface area (Å²) in [5.41, 5.74) is 2.04. The van der Waals surface area contributed by atoms with Gasteiger partial charge < -0.3 is 9.80 Å². The quantitative estimate of drug-likeness (QED) is 0.336. The summed E-state index contributed by atoms with van der Waals surface area (Å²) in [4.78, 5) is 31.2. The third-order valence-corrected chi connectivity index (χ3v) is 6.44. The van der Waals surface area contributed by atoms with Gasteiger partial charge in [0.2, 0.25) is 11.8 Å². The first kappa shape index (κ1) is 24.5. The zero-order valence-electron chi connectivity index (χ0n) is 19.4. The first-order chi connectivity index (χ1) is 16.0. The molecule has 0 aliphatic rings. The van der Waals surface area contributed by atoms with E-state index in [1.807, 2.05) is 89.2 Å². The Morgan fingerprint density at radius 2 is 1.61 bits per heavy atom. The molecule has 1 atom stereocenters. The molecule has 3 rings (SSSR count). The van der Waals surface area contributed by atoms with Crippen molar-refractivity contribution < 1.29 is 9.59 Å². The van der Waals surface area contributed by atoms with Gasteiger partial charge in [-0.2, -0.15) is 0 Å². The Labute approximate surface area is 201 Å². The number of rotatable bonds is 11. The minimum Gasteiger partial charge on any atom is -0.332 e. The highest BCUT2D eigenvalue weighted by Gasteiger charge is 2.22. The molecule has 0 aliphatic heterocycles. The van der Waals surface area contributed by atoms with Gasteiger partial charge in [-0.05, 0) is 34.6 Å². The van der Waals surface area contributed by atoms with Crippen LogP contribution in [0.2, 0.25) is 0 Å². The van der Waals surface area contributed by atoms with Crippen molar-refractivity contribution in [1.29, 1.82) is 0 Å². The number of carbonyl (C=O) groups is 2. The van der Waals surface area contributed by atoms with Crippen LogP contribution in [0.1, 0.15) is 36.3 Å². The highest BCUT2D eigenvalue weighted by molar-refractivity contribution is 7.09. The zero-order chi connectivity index (χ0) is 23.5. The molecule has 0 aliphatic carbocycles. The summed E-state index contributed by atoms with van der Waals surface area (Å²) in [5.74, 6) is 0.132. The van der Waals surface area contributed by atoms with Crippen LogP contribution >= 0.6 is 11.3 Å². The lowest BCUT2D eigenvalue weighted by Gasteiger charge is -2.28. The summed E-state index contributed by atoms with van der Waals surface area (Å²) in [7, 11) is 0. The highest BCUT2D eigenvalue weighted by Crippen LogP contribution is 2.16. The number of hydrogen-bond acceptors (Lipinski definition) is 3. The Bertz CT molecular complexity index is 1020. The molecule has 172 valence electrons. The zero-order valence-corrected chi connectivity index (χ0v) is 20.2. The Hall–Kier alpha value is -3.18. The topological polar surface area (TPSA) is 40.6 Å². The lowest BCUT2D eigenvalue weighted by molar-refractivity contribution is -0.139. The second-order valence-corrected chi connectivity index (χ2v) is 9.32. The van der Waals surface area contributed by atoms with Crippen LogP contribution in [0.4, 0.5) is 0 Å². The molecule has 1 unspecified atom stereocenters. The Morgan fingerprint density at radius 1 is 0.909 bits per heavy atom. The van der Waals surface area contributed by atoms with Crippen LogP contribution in [0.5, 0.6) is 0 Å². The number of nitrogens with zero attached hydrogens (tertiary/aromatic N) is 2. The minimum absolute atomic E-state index is 0.0444. The number of carbonyl (C=O) groups excluding carboxylic acids is 2. The number of thiophene rings is 1. The van der Waals surface area contributed by atoms with Crippen LogP contribution in [0.25, 0.3) is 6.08 Å². The lowest BCUT2D eigenvalue weighted by Crippen LogP contribution is -2.43. The Morgan fingerprint density at radius 3 is 2.24 bits per heavy atom. The summed E-state index contributed by atoms with van der Waals surface area (Å²) >= 11 is 1.64. The molecule has 0 spiro atoms. The van der Waals surface area contributed by atoms with Gasteiger partial charge in [-0.3, -0.25) is 9.59 Å². The lowest BCUT2D eigenvalue weighted by atomic mass is 10.1. The first-order valence-electron chi connectivity index (χ1n) is 11.4. The summed E-state index contributed by atoms with van der Waals surface area (Å²) < 4.78 is 0. The van der Waals surface area contributed by atoms with E-state index in [-0.39, 0.29) is 18.4 Å². The highest BCUT2D eigenvalue weighted by atomic mass is 32.1. The van der Waals surface area contributed by atoms with Crippen molar-refractivity contribution in [3.05, 3.63) is 100 Å². The molecule has 2 amide bonds. The van der Waals surface area contributed by atoms with Crippen LogP contribution in [0.15, 0.2) is 84.3 Å². The number of hydrogen-bond donors (Lipinski definition) is 0. The van der Waals surface area contributed by atoms with E-state index in [9.17, 15) is 9.59 Å². The largest absolute Gasteiger partial charge is 0.332 e. The van der Waals surface area contributed by atoms with Crippen LogP contribution < -0.4 is 0 Å². The molecule has 1 heterocycles. The number of benzene rings is 2. The van der Waals surface area contributed by atoms with E-state index in [1.165, 1.54) is 0 Å². The average molecular weight is 461 g/mol. The summed E-state index contributed by atoms with van der Waals surface area (Å²) in [6.45, 7) is 5.89. The van der Waals surface area contributed by atoms with Gasteiger partial charge in [0.1, 0.15) is 6.54 Å². The fraction of sp³-hybridized carbons (Fsp3) is 0.286. The monoisotopic (exact) mass is 460 g/mol. The van der Waals surface area contributed by atoms with Crippen molar-refractivity contribution in [1.82, 2.24) is 9.80 Å². The van der Waals surface area contributed by atoms with Gasteiger partial charge in [0.25, 0.3) is 0 Å². The van der Waals surface area contributed by atoms with Crippen LogP contribution in [-0.2, 0) is 22.7 Å². The summed E-state index contributed by atoms with van der Waals surface area (Å²) in [6.07, 6.45) is 4.33. The molecule has 3 aromatic rings. The standard InChI is InChI=1S/C28H32N2O2S/c1-3-23(2)19-29(27(31)17-16-24-11-6-4-7-12-24)22-28(32)30(21-26-15-10-18-33-26)20-25-13-8-5-9-14-25/h4-18,23H,3,19-22H2,1-2H3. The van der Waals surface area contributed by atoms with Crippen molar-refractivity contribution in [3.8, 4) is 0 Å². The van der Waals surface area contributed by atoms with Gasteiger partial charge in [-0.1, -0.05) is 87.0 Å². The molecule has 33 heavy (non-hydrogen) atoms. The SMILES string of the molecule is CCC(C)CN(CC(=O)N(Cc1ccccc1)Cc1cccs1)C(=O)C=Cc1ccccc1. The molecular weight excluding hydrogens is 428 g/mol. The molecule has 0 fully saturated rings. The third kappa shape index (κ3) is 8.03. The van der Waals surface area contributed by atoms with E-state index in [0.717, 1.165) is 22.4 Å². The van der Waals surface area contributed by atoms with E-state index in [1.54, 1.807) is 22.3 Å². The smallest absolute Gasteiger partial charge is 0.247 e. The maximum atomic E-state index is 13.4. The molecule has 0 radical (unpaired) electrons. The van der Waals surface area contributed by atoms with Gasteiger partial charge in [0.15, 0.2) is 0 Å². The molecule has 0 bridgehead atoms. The summed E-state index contributed by atoms with van der Waals surface area (Å²) in [5, 5.41) is 2.02. The van der Waals surface area contributed by atoms with Crippen molar-refractivity contribution in [2.75, 3.05) is 13.1 Å². The second kappa shape index (κ2) is 12.8.